The van der Waals surface area contributed by atoms with Crippen LogP contribution >= 0.6 is 0 Å². The van der Waals surface area contributed by atoms with Crippen molar-refractivity contribution in [2.75, 3.05) is 18.4 Å². The fourth-order valence-corrected chi connectivity index (χ4v) is 3.84. The van der Waals surface area contributed by atoms with Crippen molar-refractivity contribution in [3.05, 3.63) is 47.8 Å². The number of anilines is 1. The van der Waals surface area contributed by atoms with Crippen LogP contribution in [0.3, 0.4) is 0 Å². The summed E-state index contributed by atoms with van der Waals surface area (Å²) in [6.07, 6.45) is 3.39. The van der Waals surface area contributed by atoms with E-state index in [0.717, 1.165) is 18.4 Å². The van der Waals surface area contributed by atoms with E-state index in [-0.39, 0.29) is 18.5 Å². The number of nitrogens with zero attached hydrogens (tertiary/aromatic N) is 5. The van der Waals surface area contributed by atoms with Gasteiger partial charge in [-0.1, -0.05) is 0 Å². The summed E-state index contributed by atoms with van der Waals surface area (Å²) in [5, 5.41) is 39.2. The molecule has 3 heterocycles. The monoisotopic (exact) mass is 444 g/mol. The third-order valence-corrected chi connectivity index (χ3v) is 5.51. The number of carbonyl (C=O) groups excluding carboxylic acids is 1. The van der Waals surface area contributed by atoms with Crippen molar-refractivity contribution in [1.29, 1.82) is 10.5 Å². The second-order valence-corrected chi connectivity index (χ2v) is 7.73. The maximum Gasteiger partial charge on any atom is 0.404 e. The number of amides is 2. The molecule has 1 aliphatic rings. The first-order valence-electron chi connectivity index (χ1n) is 10.2. The van der Waals surface area contributed by atoms with Crippen molar-refractivity contribution in [2.45, 2.75) is 18.9 Å². The molecular weight excluding hydrogens is 424 g/mol. The fourth-order valence-electron chi connectivity index (χ4n) is 3.84. The summed E-state index contributed by atoms with van der Waals surface area (Å²) in [5.41, 5.74) is 3.33. The molecule has 1 fully saturated rings. The number of rotatable bonds is 7. The number of hydrogen-bond donors (Lipinski definition) is 4. The first-order chi connectivity index (χ1) is 16.0. The van der Waals surface area contributed by atoms with Gasteiger partial charge in [0.25, 0.3) is 5.91 Å². The molecule has 0 saturated heterocycles. The van der Waals surface area contributed by atoms with Crippen LogP contribution in [0.1, 0.15) is 28.8 Å². The van der Waals surface area contributed by atoms with Crippen LogP contribution in [0, 0.1) is 28.6 Å². The second-order valence-electron chi connectivity index (χ2n) is 7.73. The average Bonchev–Trinajstić information content (AvgIpc) is 3.21. The molecule has 11 heteroatoms. The van der Waals surface area contributed by atoms with E-state index >= 15 is 0 Å². The lowest BCUT2D eigenvalue weighted by Gasteiger charge is -2.36. The van der Waals surface area contributed by atoms with Crippen LogP contribution in [0.15, 0.2) is 36.7 Å². The van der Waals surface area contributed by atoms with Crippen molar-refractivity contribution >= 4 is 23.2 Å². The standard InChI is InChI=1S/C22H20N8O3/c23-3-4-25-21(31)17-12-26-19(20-2-1-16-7-14(9-24)11-28-30(16)20)8-18(17)29-15-5-13(6-15)10-27-22(32)33/h1-2,7-8,11-13,15,27H,4-6,10H2,(H,25,31)(H,26,29)(H,32,33). The maximum atomic E-state index is 12.6. The molecule has 0 spiro atoms. The zero-order valence-electron chi connectivity index (χ0n) is 17.4. The molecule has 11 nitrogen and oxygen atoms in total. The SMILES string of the molecule is N#CCNC(=O)c1cnc(-c2ccc3cc(C#N)cnn23)cc1NC1CC(CNC(=O)O)C1. The molecule has 4 rings (SSSR count). The van der Waals surface area contributed by atoms with Crippen molar-refractivity contribution in [3.63, 3.8) is 0 Å². The summed E-state index contributed by atoms with van der Waals surface area (Å²) < 4.78 is 1.67. The Kier molecular flexibility index (Phi) is 6.04. The van der Waals surface area contributed by atoms with E-state index in [9.17, 15) is 9.59 Å². The molecule has 0 unspecified atom stereocenters. The van der Waals surface area contributed by atoms with E-state index in [1.807, 2.05) is 18.2 Å². The highest BCUT2D eigenvalue weighted by Crippen LogP contribution is 2.32. The molecule has 1 saturated carbocycles. The van der Waals surface area contributed by atoms with Gasteiger partial charge >= 0.3 is 6.09 Å². The largest absolute Gasteiger partial charge is 0.465 e. The highest BCUT2D eigenvalue weighted by Gasteiger charge is 2.30. The van der Waals surface area contributed by atoms with Gasteiger partial charge in [0.15, 0.2) is 0 Å². The third kappa shape index (κ3) is 4.67. The van der Waals surface area contributed by atoms with E-state index in [1.54, 1.807) is 16.6 Å². The normalized spacial score (nSPS) is 16.8. The third-order valence-electron chi connectivity index (χ3n) is 5.51. The lowest BCUT2D eigenvalue weighted by Crippen LogP contribution is -2.42. The molecule has 3 aromatic rings. The number of carbonyl (C=O) groups is 2. The van der Waals surface area contributed by atoms with Gasteiger partial charge in [-0.2, -0.15) is 15.6 Å². The minimum absolute atomic E-state index is 0.0729. The quantitative estimate of drug-likeness (QED) is 0.401. The minimum Gasteiger partial charge on any atom is -0.465 e. The molecule has 2 amide bonds. The van der Waals surface area contributed by atoms with E-state index in [1.165, 1.54) is 12.4 Å². The summed E-state index contributed by atoms with van der Waals surface area (Å²) in [6, 6.07) is 11.2. The van der Waals surface area contributed by atoms with Crippen LogP contribution in [-0.4, -0.2) is 50.8 Å². The van der Waals surface area contributed by atoms with Crippen LogP contribution in [0.2, 0.25) is 0 Å². The molecule has 33 heavy (non-hydrogen) atoms. The molecule has 3 aromatic heterocycles. The molecule has 0 bridgehead atoms. The Balaban J connectivity index is 1.60. The Labute approximate surface area is 188 Å². The zero-order chi connectivity index (χ0) is 23.4. The zero-order valence-corrected chi connectivity index (χ0v) is 17.4. The Morgan fingerprint density at radius 2 is 2.00 bits per heavy atom. The second kappa shape index (κ2) is 9.24. The van der Waals surface area contributed by atoms with E-state index in [4.69, 9.17) is 15.6 Å². The molecule has 0 radical (unpaired) electrons. The molecule has 0 atom stereocenters. The highest BCUT2D eigenvalue weighted by molar-refractivity contribution is 6.00. The smallest absolute Gasteiger partial charge is 0.404 e. The summed E-state index contributed by atoms with van der Waals surface area (Å²) in [7, 11) is 0. The molecular formula is C22H20N8O3. The number of nitriles is 2. The first kappa shape index (κ1) is 21.6. The van der Waals surface area contributed by atoms with Gasteiger partial charge < -0.3 is 21.1 Å². The van der Waals surface area contributed by atoms with Crippen LogP contribution in [-0.2, 0) is 0 Å². The number of carboxylic acid groups (broad SMARTS) is 1. The lowest BCUT2D eigenvalue weighted by molar-refractivity contribution is 0.0958. The predicted octanol–water partition coefficient (Wildman–Crippen LogP) is 1.98. The first-order valence-corrected chi connectivity index (χ1v) is 10.2. The van der Waals surface area contributed by atoms with Crippen LogP contribution in [0.25, 0.3) is 16.9 Å². The van der Waals surface area contributed by atoms with E-state index in [2.05, 4.69) is 32.1 Å². The Morgan fingerprint density at radius 1 is 1.18 bits per heavy atom. The Hall–Kier alpha value is -4.64. The number of fused-ring (bicyclic) bond motifs is 1. The van der Waals surface area contributed by atoms with Crippen molar-refractivity contribution in [2.24, 2.45) is 5.92 Å². The van der Waals surface area contributed by atoms with Crippen molar-refractivity contribution in [1.82, 2.24) is 25.2 Å². The summed E-state index contributed by atoms with van der Waals surface area (Å²) in [4.78, 5) is 27.7. The fraction of sp³-hybridized carbons (Fsp3) is 0.273. The summed E-state index contributed by atoms with van der Waals surface area (Å²) in [6.45, 7) is 0.262. The lowest BCUT2D eigenvalue weighted by atomic mass is 9.80. The summed E-state index contributed by atoms with van der Waals surface area (Å²) in [5.74, 6) is -0.192. The number of aromatic nitrogens is 3. The Morgan fingerprint density at radius 3 is 2.73 bits per heavy atom. The topological polar surface area (TPSA) is 168 Å². The van der Waals surface area contributed by atoms with E-state index in [0.29, 0.717) is 34.7 Å². The molecule has 1 aliphatic carbocycles. The molecule has 166 valence electrons. The van der Waals surface area contributed by atoms with Gasteiger partial charge in [-0.05, 0) is 43.0 Å². The predicted molar refractivity (Wildman–Crippen MR) is 117 cm³/mol. The highest BCUT2D eigenvalue weighted by atomic mass is 16.4. The molecule has 0 aromatic carbocycles. The van der Waals surface area contributed by atoms with Crippen LogP contribution in [0.4, 0.5) is 10.5 Å². The van der Waals surface area contributed by atoms with Gasteiger partial charge in [0.1, 0.15) is 12.6 Å². The molecule has 0 aliphatic heterocycles. The van der Waals surface area contributed by atoms with Gasteiger partial charge in [0, 0.05) is 18.8 Å². The van der Waals surface area contributed by atoms with Gasteiger partial charge in [0.2, 0.25) is 0 Å². The van der Waals surface area contributed by atoms with Crippen molar-refractivity contribution < 1.29 is 14.7 Å². The molecule has 4 N–H and O–H groups in total. The Bertz CT molecular complexity index is 1300. The van der Waals surface area contributed by atoms with Crippen LogP contribution in [0.5, 0.6) is 0 Å². The number of pyridine rings is 1. The maximum absolute atomic E-state index is 12.6. The van der Waals surface area contributed by atoms with Crippen LogP contribution < -0.4 is 16.0 Å². The average molecular weight is 444 g/mol. The summed E-state index contributed by atoms with van der Waals surface area (Å²) >= 11 is 0. The minimum atomic E-state index is -1.04. The van der Waals surface area contributed by atoms with Gasteiger partial charge in [0.05, 0.1) is 46.0 Å². The van der Waals surface area contributed by atoms with Crippen molar-refractivity contribution in [3.8, 4) is 23.5 Å². The van der Waals surface area contributed by atoms with E-state index < -0.39 is 12.0 Å². The van der Waals surface area contributed by atoms with Gasteiger partial charge in [-0.15, -0.1) is 0 Å². The number of hydrogen-bond acceptors (Lipinski definition) is 7. The number of nitrogens with one attached hydrogen (secondary N) is 3. The van der Waals surface area contributed by atoms with Gasteiger partial charge in [-0.25, -0.2) is 9.31 Å². The van der Waals surface area contributed by atoms with Gasteiger partial charge in [-0.3, -0.25) is 9.78 Å².